The third kappa shape index (κ3) is 5.69. The van der Waals surface area contributed by atoms with E-state index in [-0.39, 0.29) is 12.1 Å². The van der Waals surface area contributed by atoms with Crippen LogP contribution < -0.4 is 5.32 Å². The van der Waals surface area contributed by atoms with Gasteiger partial charge in [-0.05, 0) is 26.4 Å². The minimum absolute atomic E-state index is 0.179. The van der Waals surface area contributed by atoms with Gasteiger partial charge in [-0.3, -0.25) is 0 Å². The van der Waals surface area contributed by atoms with Crippen LogP contribution in [0.3, 0.4) is 0 Å². The summed E-state index contributed by atoms with van der Waals surface area (Å²) < 4.78 is 5.32. The summed E-state index contributed by atoms with van der Waals surface area (Å²) in [5.41, 5.74) is 0. The van der Waals surface area contributed by atoms with Crippen molar-refractivity contribution in [1.82, 2.24) is 15.1 Å². The Morgan fingerprint density at radius 1 is 1.22 bits per heavy atom. The van der Waals surface area contributed by atoms with Crippen molar-refractivity contribution < 1.29 is 9.53 Å². The highest BCUT2D eigenvalue weighted by Crippen LogP contribution is 2.02. The summed E-state index contributed by atoms with van der Waals surface area (Å²) >= 11 is 0. The summed E-state index contributed by atoms with van der Waals surface area (Å²) in [6, 6.07) is 0.212. The van der Waals surface area contributed by atoms with E-state index in [2.05, 4.69) is 31.1 Å². The second-order valence-corrected chi connectivity index (χ2v) is 5.57. The predicted octanol–water partition coefficient (Wildman–Crippen LogP) is 1.00. The maximum Gasteiger partial charge on any atom is 0.409 e. The minimum atomic E-state index is -0.179. The van der Waals surface area contributed by atoms with Gasteiger partial charge in [-0.15, -0.1) is 0 Å². The molecular formula is C13H27N3O2. The smallest absolute Gasteiger partial charge is 0.409 e. The normalized spacial score (nSPS) is 19.1. The van der Waals surface area contributed by atoms with Gasteiger partial charge in [-0.25, -0.2) is 4.79 Å². The lowest BCUT2D eigenvalue weighted by Gasteiger charge is -2.31. The number of hydrogen-bond acceptors (Lipinski definition) is 4. The molecule has 1 saturated heterocycles. The SMILES string of the molecule is CC(C)CN[C@H](C)COC(=O)N1CCN(C)CC1. The summed E-state index contributed by atoms with van der Waals surface area (Å²) in [4.78, 5) is 15.8. The molecule has 1 N–H and O–H groups in total. The molecule has 0 aromatic heterocycles. The third-order valence-corrected chi connectivity index (χ3v) is 3.09. The molecule has 1 aliphatic heterocycles. The molecule has 5 nitrogen and oxygen atoms in total. The Labute approximate surface area is 110 Å². The summed E-state index contributed by atoms with van der Waals surface area (Å²) in [5.74, 6) is 0.612. The van der Waals surface area contributed by atoms with Crippen molar-refractivity contribution in [3.8, 4) is 0 Å². The topological polar surface area (TPSA) is 44.8 Å². The van der Waals surface area contributed by atoms with Crippen molar-refractivity contribution in [2.75, 3.05) is 46.4 Å². The van der Waals surface area contributed by atoms with Crippen LogP contribution in [0.2, 0.25) is 0 Å². The predicted molar refractivity (Wildman–Crippen MR) is 72.7 cm³/mol. The third-order valence-electron chi connectivity index (χ3n) is 3.09. The monoisotopic (exact) mass is 257 g/mol. The number of piperazine rings is 1. The molecule has 0 radical (unpaired) electrons. The quantitative estimate of drug-likeness (QED) is 0.798. The average Bonchev–Trinajstić information content (AvgIpc) is 2.34. The van der Waals surface area contributed by atoms with E-state index in [1.807, 2.05) is 6.92 Å². The van der Waals surface area contributed by atoms with E-state index in [0.29, 0.717) is 12.5 Å². The molecule has 5 heteroatoms. The van der Waals surface area contributed by atoms with Gasteiger partial charge in [0.2, 0.25) is 0 Å². The van der Waals surface area contributed by atoms with Gasteiger partial charge in [0.1, 0.15) is 6.61 Å². The van der Waals surface area contributed by atoms with E-state index >= 15 is 0 Å². The number of rotatable bonds is 5. The van der Waals surface area contributed by atoms with Crippen LogP contribution >= 0.6 is 0 Å². The van der Waals surface area contributed by atoms with Crippen LogP contribution in [0.25, 0.3) is 0 Å². The van der Waals surface area contributed by atoms with Crippen LogP contribution in [0.1, 0.15) is 20.8 Å². The highest BCUT2D eigenvalue weighted by Gasteiger charge is 2.20. The van der Waals surface area contributed by atoms with E-state index < -0.39 is 0 Å². The van der Waals surface area contributed by atoms with Gasteiger partial charge in [0.05, 0.1) is 0 Å². The first-order chi connectivity index (χ1) is 8.49. The van der Waals surface area contributed by atoms with Gasteiger partial charge in [0, 0.05) is 32.2 Å². The number of amides is 1. The number of hydrogen-bond donors (Lipinski definition) is 1. The van der Waals surface area contributed by atoms with E-state index in [1.165, 1.54) is 0 Å². The number of carbonyl (C=O) groups excluding carboxylic acids is 1. The fraction of sp³-hybridized carbons (Fsp3) is 0.923. The van der Waals surface area contributed by atoms with Crippen LogP contribution in [-0.4, -0.2) is 68.3 Å². The number of carbonyl (C=O) groups is 1. The highest BCUT2D eigenvalue weighted by atomic mass is 16.6. The lowest BCUT2D eigenvalue weighted by Crippen LogP contribution is -2.48. The molecule has 0 unspecified atom stereocenters. The molecule has 0 aromatic rings. The van der Waals surface area contributed by atoms with Gasteiger partial charge >= 0.3 is 6.09 Å². The highest BCUT2D eigenvalue weighted by molar-refractivity contribution is 5.67. The van der Waals surface area contributed by atoms with Crippen molar-refractivity contribution in [2.45, 2.75) is 26.8 Å². The van der Waals surface area contributed by atoms with E-state index in [0.717, 1.165) is 32.7 Å². The zero-order chi connectivity index (χ0) is 13.5. The molecule has 1 heterocycles. The van der Waals surface area contributed by atoms with Crippen LogP contribution in [0.15, 0.2) is 0 Å². The fourth-order valence-electron chi connectivity index (χ4n) is 1.77. The maximum absolute atomic E-state index is 11.8. The molecule has 1 aliphatic rings. The van der Waals surface area contributed by atoms with Crippen molar-refractivity contribution in [3.05, 3.63) is 0 Å². The summed E-state index contributed by atoms with van der Waals surface area (Å²) in [5, 5.41) is 3.34. The molecule has 18 heavy (non-hydrogen) atoms. The number of ether oxygens (including phenoxy) is 1. The largest absolute Gasteiger partial charge is 0.448 e. The molecule has 1 fully saturated rings. The average molecular weight is 257 g/mol. The van der Waals surface area contributed by atoms with E-state index in [9.17, 15) is 4.79 Å². The van der Waals surface area contributed by atoms with Crippen molar-refractivity contribution >= 4 is 6.09 Å². The van der Waals surface area contributed by atoms with Crippen molar-refractivity contribution in [1.29, 1.82) is 0 Å². The van der Waals surface area contributed by atoms with Crippen LogP contribution in [0, 0.1) is 5.92 Å². The number of nitrogens with one attached hydrogen (secondary N) is 1. The fourth-order valence-corrected chi connectivity index (χ4v) is 1.77. The minimum Gasteiger partial charge on any atom is -0.448 e. The molecule has 1 atom stereocenters. The second-order valence-electron chi connectivity index (χ2n) is 5.57. The standard InChI is InChI=1S/C13H27N3O2/c1-11(2)9-14-12(3)10-18-13(17)16-7-5-15(4)6-8-16/h11-12,14H,5-10H2,1-4H3/t12-/m1/s1. The Bertz CT molecular complexity index is 251. The van der Waals surface area contributed by atoms with Crippen LogP contribution in [-0.2, 0) is 4.74 Å². The molecule has 0 bridgehead atoms. The van der Waals surface area contributed by atoms with Crippen molar-refractivity contribution in [3.63, 3.8) is 0 Å². The van der Waals surface area contributed by atoms with Gasteiger partial charge in [0.15, 0.2) is 0 Å². The summed E-state index contributed by atoms with van der Waals surface area (Å²) in [6.45, 7) is 11.1. The Morgan fingerprint density at radius 3 is 2.39 bits per heavy atom. The Morgan fingerprint density at radius 2 is 1.83 bits per heavy atom. The number of nitrogens with zero attached hydrogens (tertiary/aromatic N) is 2. The summed E-state index contributed by atoms with van der Waals surface area (Å²) in [7, 11) is 2.07. The van der Waals surface area contributed by atoms with Gasteiger partial charge in [0.25, 0.3) is 0 Å². The molecule has 0 spiro atoms. The van der Waals surface area contributed by atoms with Gasteiger partial charge in [-0.2, -0.15) is 0 Å². The summed E-state index contributed by atoms with van der Waals surface area (Å²) in [6.07, 6.45) is -0.179. The lowest BCUT2D eigenvalue weighted by molar-refractivity contribution is 0.0759. The van der Waals surface area contributed by atoms with Gasteiger partial charge in [-0.1, -0.05) is 13.8 Å². The zero-order valence-corrected chi connectivity index (χ0v) is 12.1. The Kier molecular flexibility index (Phi) is 6.43. The zero-order valence-electron chi connectivity index (χ0n) is 12.1. The molecule has 106 valence electrons. The molecule has 1 rings (SSSR count). The Hall–Kier alpha value is -0.810. The van der Waals surface area contributed by atoms with E-state index in [1.54, 1.807) is 4.90 Å². The van der Waals surface area contributed by atoms with Crippen LogP contribution in [0.5, 0.6) is 0 Å². The molecule has 0 aromatic carbocycles. The maximum atomic E-state index is 11.8. The van der Waals surface area contributed by atoms with E-state index in [4.69, 9.17) is 4.74 Å². The van der Waals surface area contributed by atoms with Crippen LogP contribution in [0.4, 0.5) is 4.79 Å². The first-order valence-electron chi connectivity index (χ1n) is 6.82. The molecule has 0 aliphatic carbocycles. The molecule has 1 amide bonds. The first kappa shape index (κ1) is 15.2. The van der Waals surface area contributed by atoms with Gasteiger partial charge < -0.3 is 19.9 Å². The first-order valence-corrected chi connectivity index (χ1v) is 6.82. The number of likely N-dealkylation sites (N-methyl/N-ethyl adjacent to an activating group) is 1. The molecule has 0 saturated carbocycles. The lowest BCUT2D eigenvalue weighted by atomic mass is 10.2. The van der Waals surface area contributed by atoms with Crippen molar-refractivity contribution in [2.24, 2.45) is 5.92 Å². The molecular weight excluding hydrogens is 230 g/mol. The second kappa shape index (κ2) is 7.59. The Balaban J connectivity index is 2.16.